The van der Waals surface area contributed by atoms with Gasteiger partial charge in [0.15, 0.2) is 0 Å². The number of amides is 1. The fraction of sp³-hybridized carbons (Fsp3) is 0.278. The van der Waals surface area contributed by atoms with Gasteiger partial charge in [-0.1, -0.05) is 24.3 Å². The Hall–Kier alpha value is -2.33. The molecule has 4 heteroatoms. The molecule has 0 saturated heterocycles. The van der Waals surface area contributed by atoms with E-state index in [1.807, 2.05) is 54.3 Å². The molecule has 2 N–H and O–H groups in total. The van der Waals surface area contributed by atoms with Crippen molar-refractivity contribution in [3.63, 3.8) is 0 Å². The van der Waals surface area contributed by atoms with Gasteiger partial charge in [0.25, 0.3) is 5.91 Å². The minimum absolute atomic E-state index is 0.0225. The van der Waals surface area contributed by atoms with Crippen LogP contribution in [0, 0.1) is 0 Å². The Labute approximate surface area is 130 Å². The summed E-state index contributed by atoms with van der Waals surface area (Å²) in [5.41, 5.74) is 8.78. The normalized spacial score (nSPS) is 20.4. The van der Waals surface area contributed by atoms with E-state index in [0.717, 1.165) is 17.7 Å². The third kappa shape index (κ3) is 2.46. The Balaban J connectivity index is 2.03. The second kappa shape index (κ2) is 5.81. The number of para-hydroxylation sites is 1. The summed E-state index contributed by atoms with van der Waals surface area (Å²) in [7, 11) is 1.60. The summed E-state index contributed by atoms with van der Waals surface area (Å²) in [5, 5.41) is 0. The Morgan fingerprint density at radius 3 is 2.77 bits per heavy atom. The van der Waals surface area contributed by atoms with Crippen LogP contribution in [-0.4, -0.2) is 19.1 Å². The van der Waals surface area contributed by atoms with Crippen LogP contribution in [0.25, 0.3) is 0 Å². The van der Waals surface area contributed by atoms with Gasteiger partial charge in [0.05, 0.1) is 7.11 Å². The molecule has 0 bridgehead atoms. The van der Waals surface area contributed by atoms with Gasteiger partial charge in [0.1, 0.15) is 5.75 Å². The second-order valence-corrected chi connectivity index (χ2v) is 5.66. The largest absolute Gasteiger partial charge is 0.497 e. The minimum atomic E-state index is -0.0273. The fourth-order valence-corrected chi connectivity index (χ4v) is 3.06. The van der Waals surface area contributed by atoms with Crippen LogP contribution < -0.4 is 15.4 Å². The summed E-state index contributed by atoms with van der Waals surface area (Å²) in [6, 6.07) is 15.1. The Morgan fingerprint density at radius 1 is 1.23 bits per heavy atom. The topological polar surface area (TPSA) is 55.6 Å². The molecule has 0 fully saturated rings. The van der Waals surface area contributed by atoms with Crippen molar-refractivity contribution in [3.8, 4) is 5.75 Å². The predicted octanol–water partition coefficient (Wildman–Crippen LogP) is 3.13. The van der Waals surface area contributed by atoms with Crippen LogP contribution in [0.1, 0.15) is 35.3 Å². The summed E-state index contributed by atoms with van der Waals surface area (Å²) >= 11 is 0. The number of ether oxygens (including phenoxy) is 1. The van der Waals surface area contributed by atoms with Gasteiger partial charge in [-0.2, -0.15) is 0 Å². The van der Waals surface area contributed by atoms with Crippen molar-refractivity contribution in [2.24, 2.45) is 5.73 Å². The van der Waals surface area contributed by atoms with Gasteiger partial charge >= 0.3 is 0 Å². The van der Waals surface area contributed by atoms with Gasteiger partial charge < -0.3 is 15.4 Å². The van der Waals surface area contributed by atoms with Crippen LogP contribution in [0.2, 0.25) is 0 Å². The molecule has 2 aromatic carbocycles. The minimum Gasteiger partial charge on any atom is -0.497 e. The first kappa shape index (κ1) is 14.6. The molecule has 1 heterocycles. The van der Waals surface area contributed by atoms with Crippen molar-refractivity contribution in [1.82, 2.24) is 0 Å². The lowest BCUT2D eigenvalue weighted by atomic mass is 9.92. The average molecular weight is 296 g/mol. The molecule has 2 atom stereocenters. The molecular weight excluding hydrogens is 276 g/mol. The van der Waals surface area contributed by atoms with E-state index < -0.39 is 0 Å². The molecular formula is C18H20N2O2. The van der Waals surface area contributed by atoms with Crippen molar-refractivity contribution in [3.05, 3.63) is 59.7 Å². The SMILES string of the molecule is COc1cccc(C(=O)N2c3ccccc3[C@@H](N)C[C@H]2C)c1. The van der Waals surface area contributed by atoms with Gasteiger partial charge in [-0.15, -0.1) is 0 Å². The molecule has 1 aliphatic rings. The first-order chi connectivity index (χ1) is 10.6. The molecule has 3 rings (SSSR count). The smallest absolute Gasteiger partial charge is 0.258 e. The summed E-state index contributed by atoms with van der Waals surface area (Å²) in [4.78, 5) is 14.8. The maximum absolute atomic E-state index is 13.0. The number of carbonyl (C=O) groups is 1. The van der Waals surface area contributed by atoms with E-state index in [9.17, 15) is 4.79 Å². The van der Waals surface area contributed by atoms with E-state index in [0.29, 0.717) is 11.3 Å². The van der Waals surface area contributed by atoms with Gasteiger partial charge in [-0.25, -0.2) is 0 Å². The molecule has 0 saturated carbocycles. The predicted molar refractivity (Wildman–Crippen MR) is 87.3 cm³/mol. The number of carbonyl (C=O) groups excluding carboxylic acids is 1. The van der Waals surface area contributed by atoms with Gasteiger partial charge in [-0.3, -0.25) is 4.79 Å². The number of anilines is 1. The Kier molecular flexibility index (Phi) is 3.86. The molecule has 0 aliphatic carbocycles. The highest BCUT2D eigenvalue weighted by Crippen LogP contribution is 2.36. The Morgan fingerprint density at radius 2 is 2.00 bits per heavy atom. The van der Waals surface area contributed by atoms with Gasteiger partial charge in [0.2, 0.25) is 0 Å². The zero-order valence-electron chi connectivity index (χ0n) is 12.8. The van der Waals surface area contributed by atoms with E-state index in [4.69, 9.17) is 10.5 Å². The van der Waals surface area contributed by atoms with Gasteiger partial charge in [-0.05, 0) is 43.2 Å². The maximum atomic E-state index is 13.0. The average Bonchev–Trinajstić information content (AvgIpc) is 2.55. The monoisotopic (exact) mass is 296 g/mol. The number of rotatable bonds is 2. The number of nitrogens with zero attached hydrogens (tertiary/aromatic N) is 1. The molecule has 0 aromatic heterocycles. The van der Waals surface area contributed by atoms with Crippen LogP contribution in [0.4, 0.5) is 5.69 Å². The molecule has 0 unspecified atom stereocenters. The van der Waals surface area contributed by atoms with Crippen LogP contribution in [-0.2, 0) is 0 Å². The lowest BCUT2D eigenvalue weighted by Crippen LogP contribution is -2.44. The number of methoxy groups -OCH3 is 1. The Bertz CT molecular complexity index is 699. The number of hydrogen-bond donors (Lipinski definition) is 1. The summed E-state index contributed by atoms with van der Waals surface area (Å²) in [6.07, 6.45) is 0.757. The molecule has 1 amide bonds. The second-order valence-electron chi connectivity index (χ2n) is 5.66. The van der Waals surface area contributed by atoms with E-state index in [1.165, 1.54) is 0 Å². The van der Waals surface area contributed by atoms with E-state index in [-0.39, 0.29) is 18.0 Å². The zero-order valence-corrected chi connectivity index (χ0v) is 12.8. The van der Waals surface area contributed by atoms with Crippen LogP contribution in [0.15, 0.2) is 48.5 Å². The van der Waals surface area contributed by atoms with Crippen molar-refractivity contribution in [2.75, 3.05) is 12.0 Å². The van der Waals surface area contributed by atoms with E-state index in [2.05, 4.69) is 0 Å². The first-order valence-electron chi connectivity index (χ1n) is 7.44. The van der Waals surface area contributed by atoms with Crippen LogP contribution in [0.3, 0.4) is 0 Å². The number of benzene rings is 2. The quantitative estimate of drug-likeness (QED) is 0.926. The molecule has 0 radical (unpaired) electrons. The summed E-state index contributed by atoms with van der Waals surface area (Å²) < 4.78 is 5.21. The van der Waals surface area contributed by atoms with Crippen molar-refractivity contribution in [2.45, 2.75) is 25.4 Å². The maximum Gasteiger partial charge on any atom is 0.258 e. The number of hydrogen-bond acceptors (Lipinski definition) is 3. The fourth-order valence-electron chi connectivity index (χ4n) is 3.06. The first-order valence-corrected chi connectivity index (χ1v) is 7.44. The third-order valence-corrected chi connectivity index (χ3v) is 4.17. The summed E-state index contributed by atoms with van der Waals surface area (Å²) in [6.45, 7) is 2.04. The highest BCUT2D eigenvalue weighted by Gasteiger charge is 2.32. The molecule has 2 aromatic rings. The van der Waals surface area contributed by atoms with E-state index >= 15 is 0 Å². The highest BCUT2D eigenvalue weighted by molar-refractivity contribution is 6.07. The third-order valence-electron chi connectivity index (χ3n) is 4.17. The zero-order chi connectivity index (χ0) is 15.7. The standard InChI is InChI=1S/C18H20N2O2/c1-12-10-16(19)15-8-3-4-9-17(15)20(12)18(21)13-6-5-7-14(11-13)22-2/h3-9,11-12,16H,10,19H2,1-2H3/t12-,16+/m1/s1. The molecule has 22 heavy (non-hydrogen) atoms. The van der Waals surface area contributed by atoms with Crippen LogP contribution >= 0.6 is 0 Å². The van der Waals surface area contributed by atoms with Crippen molar-refractivity contribution in [1.29, 1.82) is 0 Å². The highest BCUT2D eigenvalue weighted by atomic mass is 16.5. The lowest BCUT2D eigenvalue weighted by molar-refractivity contribution is 0.0973. The number of nitrogens with two attached hydrogens (primary N) is 1. The summed E-state index contributed by atoms with van der Waals surface area (Å²) in [5.74, 6) is 0.659. The van der Waals surface area contributed by atoms with E-state index in [1.54, 1.807) is 13.2 Å². The molecule has 114 valence electrons. The van der Waals surface area contributed by atoms with Crippen LogP contribution in [0.5, 0.6) is 5.75 Å². The molecule has 0 spiro atoms. The van der Waals surface area contributed by atoms with Crippen molar-refractivity contribution >= 4 is 11.6 Å². The van der Waals surface area contributed by atoms with Gasteiger partial charge in [0, 0.05) is 23.3 Å². The molecule has 1 aliphatic heterocycles. The van der Waals surface area contributed by atoms with Crippen molar-refractivity contribution < 1.29 is 9.53 Å². The number of fused-ring (bicyclic) bond motifs is 1. The molecule has 4 nitrogen and oxygen atoms in total. The lowest BCUT2D eigenvalue weighted by Gasteiger charge is -2.38.